The standard InChI is InChI=1S/C37H34ClF3N8O7S2/c1-19-20(2)57-34-30(19)31(22-6-8-25(38)9-7-22)45-28(32-47-46-21(3)49(32)34)18-29(50)48-15-12-23(13-16-48)33(51)44-26-10-11-27(35(52)56-36(53)37(39,40)41)24(17-26)5-4-14-43-58(42,54)55/h6-11,17,23,28,43H,12-16,18H2,1-3H3,(H,44,51)(H2,42,54,55)/t28-/m0/s1. The number of hydrogen-bond acceptors (Lipinski definition) is 11. The molecule has 2 aliphatic heterocycles. The molecule has 0 bridgehead atoms. The maximum absolute atomic E-state index is 13.9. The van der Waals surface area contributed by atoms with Gasteiger partial charge in [-0.1, -0.05) is 35.6 Å². The number of nitrogens with one attached hydrogen (secondary N) is 2. The summed E-state index contributed by atoms with van der Waals surface area (Å²) in [6, 6.07) is 10.0. The number of carbonyl (C=O) groups is 4. The van der Waals surface area contributed by atoms with E-state index < -0.39 is 58.3 Å². The Labute approximate surface area is 339 Å². The molecule has 15 nitrogen and oxygen atoms in total. The Balaban J connectivity index is 1.16. The van der Waals surface area contributed by atoms with Gasteiger partial charge in [0.1, 0.15) is 16.9 Å². The smallest absolute Gasteiger partial charge is 0.383 e. The first-order chi connectivity index (χ1) is 27.3. The number of anilines is 1. The van der Waals surface area contributed by atoms with Crippen molar-refractivity contribution in [2.24, 2.45) is 16.0 Å². The third-order valence-electron chi connectivity index (χ3n) is 9.45. The second kappa shape index (κ2) is 16.8. The van der Waals surface area contributed by atoms with Crippen LogP contribution in [0.5, 0.6) is 0 Å². The van der Waals surface area contributed by atoms with Crippen LogP contribution in [-0.2, 0) is 29.3 Å². The Kier molecular flexibility index (Phi) is 12.2. The minimum Gasteiger partial charge on any atom is -0.383 e. The van der Waals surface area contributed by atoms with Gasteiger partial charge in [0.15, 0.2) is 5.82 Å². The number of carbonyl (C=O) groups excluding carboxylic acids is 4. The highest BCUT2D eigenvalue weighted by Gasteiger charge is 2.43. The lowest BCUT2D eigenvalue weighted by atomic mass is 9.95. The van der Waals surface area contributed by atoms with Crippen LogP contribution in [0, 0.1) is 38.5 Å². The second-order valence-corrected chi connectivity index (χ2v) is 16.4. The summed E-state index contributed by atoms with van der Waals surface area (Å²) in [6.45, 7) is 5.88. The molecule has 0 aliphatic carbocycles. The first-order valence-corrected chi connectivity index (χ1v) is 20.2. The van der Waals surface area contributed by atoms with Gasteiger partial charge in [0, 0.05) is 51.3 Å². The first kappa shape index (κ1) is 42.2. The van der Waals surface area contributed by atoms with Crippen LogP contribution in [-0.4, -0.2) is 83.4 Å². The predicted molar refractivity (Wildman–Crippen MR) is 207 cm³/mol. The predicted octanol–water partition coefficient (Wildman–Crippen LogP) is 4.46. The summed E-state index contributed by atoms with van der Waals surface area (Å²) in [5.74, 6) is 0.339. The molecule has 1 saturated heterocycles. The molecule has 6 rings (SSSR count). The number of aliphatic imine (C=N–C) groups is 1. The number of alkyl halides is 3. The van der Waals surface area contributed by atoms with E-state index in [1.54, 1.807) is 28.4 Å². The number of aromatic nitrogens is 3. The molecule has 2 amide bonds. The molecule has 0 unspecified atom stereocenters. The highest BCUT2D eigenvalue weighted by atomic mass is 35.5. The number of ether oxygens (including phenoxy) is 1. The number of amides is 2. The van der Waals surface area contributed by atoms with Crippen molar-refractivity contribution in [3.63, 3.8) is 0 Å². The van der Waals surface area contributed by atoms with E-state index in [4.69, 9.17) is 21.7 Å². The zero-order valence-electron chi connectivity index (χ0n) is 30.9. The summed E-state index contributed by atoms with van der Waals surface area (Å²) < 4.78 is 68.3. The van der Waals surface area contributed by atoms with E-state index in [1.807, 2.05) is 42.2 Å². The fourth-order valence-electron chi connectivity index (χ4n) is 6.44. The maximum atomic E-state index is 13.9. The Hall–Kier alpha value is -5.46. The van der Waals surface area contributed by atoms with Crippen LogP contribution in [0.1, 0.15) is 74.4 Å². The van der Waals surface area contributed by atoms with Gasteiger partial charge in [0.2, 0.25) is 11.8 Å². The molecule has 2 aliphatic rings. The Bertz CT molecular complexity index is 2520. The van der Waals surface area contributed by atoms with Gasteiger partial charge in [-0.3, -0.25) is 19.1 Å². The lowest BCUT2D eigenvalue weighted by Crippen LogP contribution is -2.41. The molecular weight excluding hydrogens is 825 g/mol. The number of esters is 2. The number of nitrogens with zero attached hydrogens (tertiary/aromatic N) is 5. The second-order valence-electron chi connectivity index (χ2n) is 13.4. The van der Waals surface area contributed by atoms with Crippen LogP contribution < -0.4 is 15.2 Å². The van der Waals surface area contributed by atoms with Gasteiger partial charge < -0.3 is 15.0 Å². The number of halogens is 4. The quantitative estimate of drug-likeness (QED) is 0.130. The maximum Gasteiger partial charge on any atom is 0.491 e. The van der Waals surface area contributed by atoms with E-state index >= 15 is 0 Å². The lowest BCUT2D eigenvalue weighted by Gasteiger charge is -2.32. The Morgan fingerprint density at radius 1 is 1.05 bits per heavy atom. The van der Waals surface area contributed by atoms with Crippen LogP contribution in [0.4, 0.5) is 18.9 Å². The first-order valence-electron chi connectivity index (χ1n) is 17.5. The van der Waals surface area contributed by atoms with Crippen molar-refractivity contribution in [1.82, 2.24) is 24.4 Å². The van der Waals surface area contributed by atoms with Crippen molar-refractivity contribution in [2.75, 3.05) is 25.0 Å². The molecule has 58 heavy (non-hydrogen) atoms. The molecule has 1 atom stereocenters. The number of hydrogen-bond donors (Lipinski definition) is 3. The van der Waals surface area contributed by atoms with Gasteiger partial charge in [-0.15, -0.1) is 21.5 Å². The average Bonchev–Trinajstić information content (AvgIpc) is 3.64. The van der Waals surface area contributed by atoms with Gasteiger partial charge in [-0.2, -0.15) is 26.3 Å². The molecule has 4 aromatic rings. The van der Waals surface area contributed by atoms with Crippen molar-refractivity contribution < 1.29 is 45.5 Å². The van der Waals surface area contributed by atoms with E-state index in [2.05, 4.69) is 32.1 Å². The summed E-state index contributed by atoms with van der Waals surface area (Å²) >= 11 is 7.81. The number of rotatable bonds is 8. The molecule has 0 radical (unpaired) electrons. The van der Waals surface area contributed by atoms with Crippen LogP contribution in [0.2, 0.25) is 5.02 Å². The van der Waals surface area contributed by atoms with Crippen LogP contribution in [0.3, 0.4) is 0 Å². The van der Waals surface area contributed by atoms with Gasteiger partial charge in [0.25, 0.3) is 10.2 Å². The lowest BCUT2D eigenvalue weighted by molar-refractivity contribution is -0.193. The third-order valence-corrected chi connectivity index (χ3v) is 11.4. The van der Waals surface area contributed by atoms with Crippen molar-refractivity contribution >= 4 is 68.3 Å². The van der Waals surface area contributed by atoms with Crippen LogP contribution >= 0.6 is 22.9 Å². The normalized spacial score (nSPS) is 15.6. The number of likely N-dealkylation sites (tertiary alicyclic amines) is 1. The Morgan fingerprint density at radius 3 is 2.40 bits per heavy atom. The van der Waals surface area contributed by atoms with Crippen LogP contribution in [0.25, 0.3) is 5.00 Å². The highest BCUT2D eigenvalue weighted by molar-refractivity contribution is 7.87. The minimum atomic E-state index is -5.45. The molecular formula is C37H34ClF3N8O7S2. The molecule has 304 valence electrons. The van der Waals surface area contributed by atoms with Crippen molar-refractivity contribution in [3.05, 3.63) is 91.8 Å². The number of fused-ring (bicyclic) bond motifs is 3. The fraction of sp³-hybridized carbons (Fsp3) is 0.324. The number of benzene rings is 2. The van der Waals surface area contributed by atoms with Gasteiger partial charge in [-0.05, 0) is 69.5 Å². The summed E-state index contributed by atoms with van der Waals surface area (Å²) in [4.78, 5) is 58.9. The molecule has 2 aromatic carbocycles. The number of aryl methyl sites for hydroxylation is 2. The van der Waals surface area contributed by atoms with Crippen molar-refractivity contribution in [3.8, 4) is 16.8 Å². The van der Waals surface area contributed by atoms with Gasteiger partial charge in [0.05, 0.1) is 24.2 Å². The zero-order valence-corrected chi connectivity index (χ0v) is 33.3. The van der Waals surface area contributed by atoms with Crippen molar-refractivity contribution in [1.29, 1.82) is 0 Å². The van der Waals surface area contributed by atoms with Gasteiger partial charge >= 0.3 is 18.1 Å². The monoisotopic (exact) mass is 858 g/mol. The van der Waals surface area contributed by atoms with E-state index in [0.717, 1.165) is 38.7 Å². The molecule has 0 saturated carbocycles. The Morgan fingerprint density at radius 2 is 1.74 bits per heavy atom. The number of nitrogens with two attached hydrogens (primary N) is 1. The summed E-state index contributed by atoms with van der Waals surface area (Å²) in [5, 5.41) is 17.8. The largest absolute Gasteiger partial charge is 0.491 e. The SMILES string of the molecule is Cc1sc2c(c1C)C(c1ccc(Cl)cc1)=N[C@@H](CC(=O)N1CCC(C(=O)Nc3ccc(C(=O)OC(=O)C(F)(F)F)c(C#CCNS(N)(=O)=O)c3)CC1)c1nnc(C)n1-2. The van der Waals surface area contributed by atoms with E-state index in [0.29, 0.717) is 35.2 Å². The summed E-state index contributed by atoms with van der Waals surface area (Å²) in [7, 11) is -4.14. The molecule has 4 N–H and O–H groups in total. The summed E-state index contributed by atoms with van der Waals surface area (Å²) in [6.07, 6.45) is -4.88. The van der Waals surface area contributed by atoms with E-state index in [-0.39, 0.29) is 36.7 Å². The molecule has 0 spiro atoms. The topological polar surface area (TPSA) is 208 Å². The highest BCUT2D eigenvalue weighted by Crippen LogP contribution is 2.40. The third kappa shape index (κ3) is 9.45. The van der Waals surface area contributed by atoms with Gasteiger partial charge in [-0.25, -0.2) is 14.7 Å². The zero-order chi connectivity index (χ0) is 42.1. The number of piperidine rings is 1. The average molecular weight is 859 g/mol. The summed E-state index contributed by atoms with van der Waals surface area (Å²) in [5.41, 5.74) is 2.78. The fourth-order valence-corrected chi connectivity index (χ4v) is 8.05. The molecule has 4 heterocycles. The molecule has 1 fully saturated rings. The number of thiophene rings is 1. The van der Waals surface area contributed by atoms with Crippen molar-refractivity contribution in [2.45, 2.75) is 52.3 Å². The van der Waals surface area contributed by atoms with Crippen LogP contribution in [0.15, 0.2) is 47.5 Å². The van der Waals surface area contributed by atoms with E-state index in [9.17, 15) is 40.8 Å². The molecule has 2 aromatic heterocycles. The molecule has 21 heteroatoms. The van der Waals surface area contributed by atoms with E-state index in [1.165, 1.54) is 6.07 Å². The minimum absolute atomic E-state index is 0.0149.